The lowest BCUT2D eigenvalue weighted by Gasteiger charge is -2.33. The van der Waals surface area contributed by atoms with Crippen LogP contribution in [0.15, 0.2) is 42.5 Å². The molecule has 0 bridgehead atoms. The second-order valence-corrected chi connectivity index (χ2v) is 11.2. The summed E-state index contributed by atoms with van der Waals surface area (Å²) in [5, 5.41) is 4.82. The molecular weight excluding hydrogens is 460 g/mol. The van der Waals surface area contributed by atoms with Gasteiger partial charge < -0.3 is 4.90 Å². The van der Waals surface area contributed by atoms with Crippen molar-refractivity contribution in [3.05, 3.63) is 64.5 Å². The molecule has 0 radical (unpaired) electrons. The van der Waals surface area contributed by atoms with Gasteiger partial charge in [-0.15, -0.1) is 0 Å². The van der Waals surface area contributed by atoms with Crippen molar-refractivity contribution in [1.29, 1.82) is 0 Å². The van der Waals surface area contributed by atoms with Gasteiger partial charge in [-0.25, -0.2) is 13.1 Å². The predicted molar refractivity (Wildman–Crippen MR) is 132 cm³/mol. The third kappa shape index (κ3) is 5.93. The van der Waals surface area contributed by atoms with Gasteiger partial charge in [0, 0.05) is 44.4 Å². The second kappa shape index (κ2) is 10.2. The molecule has 33 heavy (non-hydrogen) atoms. The van der Waals surface area contributed by atoms with Gasteiger partial charge in [0.2, 0.25) is 5.91 Å². The van der Waals surface area contributed by atoms with E-state index < -0.39 is 9.84 Å². The number of benzene rings is 1. The summed E-state index contributed by atoms with van der Waals surface area (Å²) in [6.45, 7) is 5.68. The van der Waals surface area contributed by atoms with Crippen molar-refractivity contribution in [2.75, 3.05) is 44.2 Å². The summed E-state index contributed by atoms with van der Waals surface area (Å²) < 4.78 is 25.2. The lowest BCUT2D eigenvalue weighted by atomic mass is 10.2. The van der Waals surface area contributed by atoms with Crippen LogP contribution in [0.3, 0.4) is 0 Å². The fraction of sp³-hybridized carbons (Fsp3) is 0.417. The number of aryl methyl sites for hydroxylation is 1. The molecule has 2 fully saturated rings. The summed E-state index contributed by atoms with van der Waals surface area (Å²) >= 11 is 6.50. The Morgan fingerprint density at radius 1 is 1.15 bits per heavy atom. The fourth-order valence-electron chi connectivity index (χ4n) is 4.24. The highest BCUT2D eigenvalue weighted by Gasteiger charge is 2.31. The lowest BCUT2D eigenvalue weighted by Crippen LogP contribution is -2.48. The number of aromatic nitrogens is 2. The summed E-state index contributed by atoms with van der Waals surface area (Å²) in [6.07, 6.45) is 8.02. The van der Waals surface area contributed by atoms with Crippen LogP contribution in [0.1, 0.15) is 29.3 Å². The van der Waals surface area contributed by atoms with Crippen LogP contribution < -0.4 is 0 Å². The van der Waals surface area contributed by atoms with Gasteiger partial charge in [-0.1, -0.05) is 54.1 Å². The number of carbonyl (C=O) groups is 1. The van der Waals surface area contributed by atoms with Crippen molar-refractivity contribution in [3.8, 4) is 0 Å². The van der Waals surface area contributed by atoms with Gasteiger partial charge >= 0.3 is 0 Å². The Bertz CT molecular complexity index is 1150. The van der Waals surface area contributed by atoms with E-state index in [1.165, 1.54) is 11.6 Å². The minimum absolute atomic E-state index is 0.0545. The Morgan fingerprint density at radius 2 is 1.88 bits per heavy atom. The molecule has 2 aromatic rings. The zero-order chi connectivity index (χ0) is 23.4. The highest BCUT2D eigenvalue weighted by atomic mass is 35.5. The first-order valence-electron chi connectivity index (χ1n) is 11.2. The van der Waals surface area contributed by atoms with Gasteiger partial charge in [-0.2, -0.15) is 5.10 Å². The summed E-state index contributed by atoms with van der Waals surface area (Å²) in [7, 11) is -3.04. The normalized spacial score (nSPS) is 21.4. The van der Waals surface area contributed by atoms with E-state index in [1.807, 2.05) is 30.0 Å². The number of nitrogens with zero attached hydrogens (tertiary/aromatic N) is 4. The minimum Gasteiger partial charge on any atom is -0.337 e. The topological polar surface area (TPSA) is 75.5 Å². The van der Waals surface area contributed by atoms with E-state index in [0.29, 0.717) is 35.9 Å². The SMILES string of the molecule is Cc1nn(C2CCS(=O)(=O)C2)c(Cl)c1/C=C/C(=O)N1CCN(C/C=C/c2ccccc2)CC1. The zero-order valence-electron chi connectivity index (χ0n) is 18.7. The molecule has 2 aliphatic heterocycles. The molecule has 0 spiro atoms. The van der Waals surface area contributed by atoms with E-state index in [-0.39, 0.29) is 23.5 Å². The van der Waals surface area contributed by atoms with Crippen LogP contribution in [0.2, 0.25) is 5.15 Å². The summed E-state index contributed by atoms with van der Waals surface area (Å²) in [6, 6.07) is 9.96. The summed E-state index contributed by atoms with van der Waals surface area (Å²) in [5.41, 5.74) is 2.53. The molecule has 2 saturated heterocycles. The van der Waals surface area contributed by atoms with Crippen LogP contribution in [0.25, 0.3) is 12.2 Å². The summed E-state index contributed by atoms with van der Waals surface area (Å²) in [5.74, 6) is 0.159. The van der Waals surface area contributed by atoms with Gasteiger partial charge in [-0.3, -0.25) is 9.69 Å². The first-order chi connectivity index (χ1) is 15.8. The molecule has 1 aromatic carbocycles. The average Bonchev–Trinajstić information content (AvgIpc) is 3.31. The minimum atomic E-state index is -3.04. The number of piperazine rings is 1. The van der Waals surface area contributed by atoms with Gasteiger partial charge in [0.25, 0.3) is 0 Å². The van der Waals surface area contributed by atoms with E-state index in [0.717, 1.165) is 19.6 Å². The molecule has 1 atom stereocenters. The third-order valence-corrected chi connectivity index (χ3v) is 8.30. The quantitative estimate of drug-likeness (QED) is 0.584. The second-order valence-electron chi connectivity index (χ2n) is 8.56. The number of rotatable bonds is 6. The van der Waals surface area contributed by atoms with Crippen molar-refractivity contribution in [3.63, 3.8) is 0 Å². The van der Waals surface area contributed by atoms with Crippen LogP contribution in [-0.2, 0) is 14.6 Å². The van der Waals surface area contributed by atoms with E-state index in [4.69, 9.17) is 11.6 Å². The molecule has 9 heteroatoms. The van der Waals surface area contributed by atoms with Crippen LogP contribution >= 0.6 is 11.6 Å². The van der Waals surface area contributed by atoms with Crippen LogP contribution in [-0.4, -0.2) is 78.1 Å². The number of amides is 1. The number of hydrogen-bond donors (Lipinski definition) is 0. The zero-order valence-corrected chi connectivity index (χ0v) is 20.3. The maximum atomic E-state index is 12.7. The van der Waals surface area contributed by atoms with Gasteiger partial charge in [0.15, 0.2) is 9.84 Å². The molecule has 1 aromatic heterocycles. The number of carbonyl (C=O) groups excluding carboxylic acids is 1. The van der Waals surface area contributed by atoms with Crippen LogP contribution in [0.4, 0.5) is 0 Å². The van der Waals surface area contributed by atoms with Crippen molar-refractivity contribution in [2.24, 2.45) is 0 Å². The maximum Gasteiger partial charge on any atom is 0.246 e. The van der Waals surface area contributed by atoms with Crippen molar-refractivity contribution in [2.45, 2.75) is 19.4 Å². The van der Waals surface area contributed by atoms with Gasteiger partial charge in [0.1, 0.15) is 5.15 Å². The standard InChI is InChI=1S/C24H29ClN4O3S/c1-19-22(24(25)29(26-19)21-11-17-33(31,32)18-21)9-10-23(30)28-15-13-27(14-16-28)12-5-8-20-6-3-2-4-7-20/h2-10,21H,11-18H2,1H3/b8-5+,10-9+. The Labute approximate surface area is 200 Å². The van der Waals surface area contributed by atoms with Crippen LogP contribution in [0.5, 0.6) is 0 Å². The molecule has 0 saturated carbocycles. The smallest absolute Gasteiger partial charge is 0.246 e. The monoisotopic (exact) mass is 488 g/mol. The molecule has 176 valence electrons. The van der Waals surface area contributed by atoms with Crippen LogP contribution in [0, 0.1) is 6.92 Å². The predicted octanol–water partition coefficient (Wildman–Crippen LogP) is 3.08. The summed E-state index contributed by atoms with van der Waals surface area (Å²) in [4.78, 5) is 16.9. The van der Waals surface area contributed by atoms with Gasteiger partial charge in [0.05, 0.1) is 23.2 Å². The molecule has 1 amide bonds. The number of sulfone groups is 1. The largest absolute Gasteiger partial charge is 0.337 e. The lowest BCUT2D eigenvalue weighted by molar-refractivity contribution is -0.127. The highest BCUT2D eigenvalue weighted by Crippen LogP contribution is 2.30. The molecular formula is C24H29ClN4O3S. The molecule has 4 rings (SSSR count). The third-order valence-electron chi connectivity index (χ3n) is 6.18. The average molecular weight is 489 g/mol. The highest BCUT2D eigenvalue weighted by molar-refractivity contribution is 7.91. The molecule has 1 unspecified atom stereocenters. The Balaban J connectivity index is 1.30. The van der Waals surface area contributed by atoms with Gasteiger partial charge in [-0.05, 0) is 25.0 Å². The van der Waals surface area contributed by atoms with E-state index in [9.17, 15) is 13.2 Å². The molecule has 0 aliphatic carbocycles. The van der Waals surface area contributed by atoms with E-state index in [2.05, 4.69) is 34.3 Å². The Kier molecular flexibility index (Phi) is 7.36. The van der Waals surface area contributed by atoms with E-state index in [1.54, 1.807) is 10.8 Å². The number of halogens is 1. The Hall–Kier alpha value is -2.42. The fourth-order valence-corrected chi connectivity index (χ4v) is 6.31. The maximum absolute atomic E-state index is 12.7. The molecule has 2 aliphatic rings. The van der Waals surface area contributed by atoms with Crippen molar-refractivity contribution < 1.29 is 13.2 Å². The molecule has 3 heterocycles. The Morgan fingerprint density at radius 3 is 2.55 bits per heavy atom. The molecule has 0 N–H and O–H groups in total. The first-order valence-corrected chi connectivity index (χ1v) is 13.4. The van der Waals surface area contributed by atoms with Crippen molar-refractivity contribution >= 4 is 39.5 Å². The van der Waals surface area contributed by atoms with Crippen molar-refractivity contribution in [1.82, 2.24) is 19.6 Å². The first kappa shape index (κ1) is 23.7. The van der Waals surface area contributed by atoms with E-state index >= 15 is 0 Å². The molecule has 7 nitrogen and oxygen atoms in total. The number of hydrogen-bond acceptors (Lipinski definition) is 5.